The third-order valence-electron chi connectivity index (χ3n) is 7.16. The molecule has 1 aliphatic heterocycles. The van der Waals surface area contributed by atoms with Crippen molar-refractivity contribution in [1.29, 1.82) is 5.26 Å². The maximum Gasteiger partial charge on any atom is 0.272 e. The zero-order valence-corrected chi connectivity index (χ0v) is 18.9. The highest BCUT2D eigenvalue weighted by Crippen LogP contribution is 2.51. The van der Waals surface area contributed by atoms with Crippen molar-refractivity contribution in [3.8, 4) is 11.8 Å². The van der Waals surface area contributed by atoms with Crippen LogP contribution in [0.2, 0.25) is 5.02 Å². The summed E-state index contributed by atoms with van der Waals surface area (Å²) in [6.45, 7) is 2.07. The summed E-state index contributed by atoms with van der Waals surface area (Å²) < 4.78 is 6.01. The zero-order chi connectivity index (χ0) is 22.9. The Morgan fingerprint density at radius 3 is 2.55 bits per heavy atom. The Morgan fingerprint density at radius 1 is 1.18 bits per heavy atom. The molecule has 2 saturated carbocycles. The third-order valence-corrected chi connectivity index (χ3v) is 7.48. The number of fused-ring (bicyclic) bond motifs is 1. The van der Waals surface area contributed by atoms with Gasteiger partial charge >= 0.3 is 0 Å². The number of halogens is 1. The third kappa shape index (κ3) is 4.61. The number of benzene rings is 1. The first-order chi connectivity index (χ1) is 16.1. The summed E-state index contributed by atoms with van der Waals surface area (Å²) in [6, 6.07) is 10.8. The van der Waals surface area contributed by atoms with Crippen molar-refractivity contribution in [1.82, 2.24) is 15.5 Å². The standard InChI is InChI=1S/C24H26ClN5O3/c25-21-9-17(4-1-14(21)10-26)33-16-5-2-15(3-6-16)27-24(32)22-7-8-23(29-28-22)30-11-18-19(12-30)20(18)13-31/h1,4,7-9,15-16,18-20,31H,2-3,5-6,11-13H2,(H,27,32)/t15?,16?,18-,19+,20?. The van der Waals surface area contributed by atoms with Crippen LogP contribution in [-0.2, 0) is 0 Å². The number of hydrogen-bond acceptors (Lipinski definition) is 7. The average Bonchev–Trinajstić information content (AvgIpc) is 3.30. The van der Waals surface area contributed by atoms with Crippen LogP contribution < -0.4 is 15.0 Å². The van der Waals surface area contributed by atoms with Gasteiger partial charge in [-0.15, -0.1) is 10.2 Å². The van der Waals surface area contributed by atoms with E-state index in [1.165, 1.54) is 0 Å². The molecule has 0 radical (unpaired) electrons. The van der Waals surface area contributed by atoms with Gasteiger partial charge in [0.1, 0.15) is 11.8 Å². The van der Waals surface area contributed by atoms with Crippen LogP contribution in [0.4, 0.5) is 5.82 Å². The van der Waals surface area contributed by atoms with Crippen LogP contribution >= 0.6 is 11.6 Å². The number of anilines is 1. The van der Waals surface area contributed by atoms with Gasteiger partial charge in [0.25, 0.3) is 5.91 Å². The second-order valence-corrected chi connectivity index (χ2v) is 9.58. The molecule has 0 spiro atoms. The fraction of sp³-hybridized carbons (Fsp3) is 0.500. The molecular weight excluding hydrogens is 442 g/mol. The van der Waals surface area contributed by atoms with Gasteiger partial charge in [0.2, 0.25) is 0 Å². The van der Waals surface area contributed by atoms with Crippen LogP contribution in [0, 0.1) is 29.1 Å². The first-order valence-electron chi connectivity index (χ1n) is 11.4. The lowest BCUT2D eigenvalue weighted by atomic mass is 9.93. The van der Waals surface area contributed by atoms with E-state index >= 15 is 0 Å². The zero-order valence-electron chi connectivity index (χ0n) is 18.2. The molecule has 0 bridgehead atoms. The lowest BCUT2D eigenvalue weighted by Gasteiger charge is -2.29. The van der Waals surface area contributed by atoms with E-state index in [9.17, 15) is 9.90 Å². The maximum atomic E-state index is 12.6. The Bertz CT molecular complexity index is 1050. The van der Waals surface area contributed by atoms with E-state index in [1.807, 2.05) is 12.1 Å². The molecular formula is C24H26ClN5O3. The molecule has 1 aromatic heterocycles. The number of piperidine rings is 1. The Hall–Kier alpha value is -2.89. The number of ether oxygens (including phenoxy) is 1. The van der Waals surface area contributed by atoms with E-state index in [0.29, 0.717) is 39.8 Å². The highest BCUT2D eigenvalue weighted by Gasteiger charge is 2.55. The Balaban J connectivity index is 1.08. The van der Waals surface area contributed by atoms with Crippen LogP contribution in [0.3, 0.4) is 0 Å². The van der Waals surface area contributed by atoms with Crippen molar-refractivity contribution in [2.24, 2.45) is 17.8 Å². The summed E-state index contributed by atoms with van der Waals surface area (Å²) in [5.41, 5.74) is 0.751. The van der Waals surface area contributed by atoms with Gasteiger partial charge in [-0.2, -0.15) is 5.26 Å². The lowest BCUT2D eigenvalue weighted by molar-refractivity contribution is 0.0888. The summed E-state index contributed by atoms with van der Waals surface area (Å²) in [6.07, 6.45) is 3.32. The van der Waals surface area contributed by atoms with Gasteiger partial charge in [-0.1, -0.05) is 11.6 Å². The van der Waals surface area contributed by atoms with Crippen molar-refractivity contribution in [3.05, 3.63) is 46.6 Å². The highest BCUT2D eigenvalue weighted by atomic mass is 35.5. The van der Waals surface area contributed by atoms with Gasteiger partial charge in [-0.3, -0.25) is 4.79 Å². The number of nitriles is 1. The number of nitrogens with one attached hydrogen (secondary N) is 1. The molecule has 3 fully saturated rings. The molecule has 8 nitrogen and oxygen atoms in total. The minimum Gasteiger partial charge on any atom is -0.490 e. The maximum absolute atomic E-state index is 12.6. The predicted molar refractivity (Wildman–Crippen MR) is 122 cm³/mol. The second-order valence-electron chi connectivity index (χ2n) is 9.17. The summed E-state index contributed by atoms with van der Waals surface area (Å²) >= 11 is 6.08. The molecule has 3 aliphatic rings. The Morgan fingerprint density at radius 2 is 1.94 bits per heavy atom. The molecule has 2 aromatic rings. The van der Waals surface area contributed by atoms with Crippen LogP contribution in [0.1, 0.15) is 41.7 Å². The molecule has 1 unspecified atom stereocenters. The number of carbonyl (C=O) groups excluding carboxylic acids is 1. The fourth-order valence-electron chi connectivity index (χ4n) is 5.16. The number of hydrogen-bond donors (Lipinski definition) is 2. The van der Waals surface area contributed by atoms with Crippen LogP contribution in [0.15, 0.2) is 30.3 Å². The minimum atomic E-state index is -0.207. The van der Waals surface area contributed by atoms with Crippen molar-refractivity contribution < 1.29 is 14.6 Å². The van der Waals surface area contributed by atoms with Gasteiger partial charge in [0.05, 0.1) is 16.7 Å². The van der Waals surface area contributed by atoms with Gasteiger partial charge in [-0.25, -0.2) is 0 Å². The summed E-state index contributed by atoms with van der Waals surface area (Å²) in [5.74, 6) is 2.81. The molecule has 2 aliphatic carbocycles. The van der Waals surface area contributed by atoms with E-state index in [2.05, 4.69) is 20.4 Å². The monoisotopic (exact) mass is 467 g/mol. The number of amides is 1. The van der Waals surface area contributed by atoms with Gasteiger partial charge in [0, 0.05) is 31.8 Å². The fourth-order valence-corrected chi connectivity index (χ4v) is 5.37. The van der Waals surface area contributed by atoms with Crippen LogP contribution in [-0.4, -0.2) is 53.1 Å². The van der Waals surface area contributed by atoms with Crippen molar-refractivity contribution in [3.63, 3.8) is 0 Å². The summed E-state index contributed by atoms with van der Waals surface area (Å²) in [4.78, 5) is 14.8. The molecule has 172 valence electrons. The van der Waals surface area contributed by atoms with Gasteiger partial charge in [-0.05, 0) is 67.7 Å². The SMILES string of the molecule is N#Cc1ccc(OC2CCC(NC(=O)c3ccc(N4C[C@@H]5C(CO)[C@@H]5C4)nn3)CC2)cc1Cl. The molecule has 3 atom stereocenters. The number of aromatic nitrogens is 2. The smallest absolute Gasteiger partial charge is 0.272 e. The lowest BCUT2D eigenvalue weighted by Crippen LogP contribution is -2.40. The molecule has 9 heteroatoms. The first-order valence-corrected chi connectivity index (χ1v) is 11.8. The highest BCUT2D eigenvalue weighted by molar-refractivity contribution is 6.31. The van der Waals surface area contributed by atoms with Crippen LogP contribution in [0.5, 0.6) is 5.75 Å². The van der Waals surface area contributed by atoms with Crippen LogP contribution in [0.25, 0.3) is 0 Å². The van der Waals surface area contributed by atoms with Gasteiger partial charge in [0.15, 0.2) is 11.5 Å². The van der Waals surface area contributed by atoms with E-state index in [4.69, 9.17) is 21.6 Å². The molecule has 1 aromatic carbocycles. The molecule has 5 rings (SSSR count). The number of rotatable bonds is 6. The molecule has 1 saturated heterocycles. The topological polar surface area (TPSA) is 111 Å². The van der Waals surface area contributed by atoms with E-state index in [1.54, 1.807) is 24.3 Å². The normalized spacial score (nSPS) is 28.0. The predicted octanol–water partition coefficient (Wildman–Crippen LogP) is 2.80. The summed E-state index contributed by atoms with van der Waals surface area (Å²) in [7, 11) is 0. The van der Waals surface area contributed by atoms with Gasteiger partial charge < -0.3 is 20.1 Å². The van der Waals surface area contributed by atoms with E-state index in [0.717, 1.165) is 44.6 Å². The average molecular weight is 468 g/mol. The molecule has 33 heavy (non-hydrogen) atoms. The Kier molecular flexibility index (Phi) is 6.09. The number of nitrogens with zero attached hydrogens (tertiary/aromatic N) is 4. The quantitative estimate of drug-likeness (QED) is 0.671. The molecule has 2 N–H and O–H groups in total. The van der Waals surface area contributed by atoms with E-state index < -0.39 is 0 Å². The van der Waals surface area contributed by atoms with E-state index in [-0.39, 0.29) is 24.7 Å². The molecule has 2 heterocycles. The summed E-state index contributed by atoms with van der Waals surface area (Å²) in [5, 5.41) is 30.1. The number of aliphatic hydroxyl groups is 1. The Labute approximate surface area is 197 Å². The van der Waals surface area contributed by atoms with Crippen molar-refractivity contribution in [2.45, 2.75) is 37.8 Å². The second kappa shape index (κ2) is 9.16. The van der Waals surface area contributed by atoms with Crippen molar-refractivity contribution in [2.75, 3.05) is 24.6 Å². The number of aliphatic hydroxyl groups excluding tert-OH is 1. The molecule has 1 amide bonds. The number of carbonyl (C=O) groups is 1. The largest absolute Gasteiger partial charge is 0.490 e. The first kappa shape index (κ1) is 21.9. The minimum absolute atomic E-state index is 0.0540. The van der Waals surface area contributed by atoms with Crippen molar-refractivity contribution >= 4 is 23.3 Å².